The minimum atomic E-state index is -0.423. The number of rotatable bonds is 4. The lowest BCUT2D eigenvalue weighted by Crippen LogP contribution is -2.01. The van der Waals surface area contributed by atoms with E-state index >= 15 is 0 Å². The van der Waals surface area contributed by atoms with Crippen molar-refractivity contribution in [3.8, 4) is 0 Å². The highest BCUT2D eigenvalue weighted by Crippen LogP contribution is 2.26. The van der Waals surface area contributed by atoms with Gasteiger partial charge >= 0.3 is 0 Å². The Balaban J connectivity index is 1.98. The average molecular weight is 337 g/mol. The smallest absolute Gasteiger partial charge is 0.0884 e. The highest BCUT2D eigenvalue weighted by molar-refractivity contribution is 9.10. The van der Waals surface area contributed by atoms with Crippen LogP contribution in [-0.4, -0.2) is 10.9 Å². The molecule has 0 aromatic heterocycles. The van der Waals surface area contributed by atoms with E-state index in [1.165, 1.54) is 16.0 Å². The summed E-state index contributed by atoms with van der Waals surface area (Å²) in [5.74, 6) is 0.671. The van der Waals surface area contributed by atoms with Crippen molar-refractivity contribution in [1.29, 1.82) is 0 Å². The van der Waals surface area contributed by atoms with Crippen molar-refractivity contribution < 1.29 is 5.11 Å². The molecule has 3 heteroatoms. The standard InChI is InChI=1S/C16H17BrOS/c1-11-3-4-13(9-12(11)2)16(18)10-19-15-7-5-14(17)6-8-15/h3-9,16,18H,10H2,1-2H3. The fourth-order valence-corrected chi connectivity index (χ4v) is 2.91. The summed E-state index contributed by atoms with van der Waals surface area (Å²) in [4.78, 5) is 1.17. The molecule has 0 aliphatic heterocycles. The maximum absolute atomic E-state index is 10.2. The molecule has 0 saturated heterocycles. The Kier molecular flexibility index (Phi) is 5.08. The summed E-state index contributed by atoms with van der Waals surface area (Å²) >= 11 is 5.09. The van der Waals surface area contributed by atoms with Gasteiger partial charge in [-0.2, -0.15) is 0 Å². The zero-order valence-electron chi connectivity index (χ0n) is 11.1. The normalized spacial score (nSPS) is 12.4. The molecule has 0 amide bonds. The molecule has 0 aliphatic carbocycles. The molecule has 2 rings (SSSR count). The van der Waals surface area contributed by atoms with Gasteiger partial charge in [-0.3, -0.25) is 0 Å². The van der Waals surface area contributed by atoms with Crippen LogP contribution in [0.2, 0.25) is 0 Å². The quantitative estimate of drug-likeness (QED) is 0.802. The lowest BCUT2D eigenvalue weighted by Gasteiger charge is -2.12. The number of hydrogen-bond donors (Lipinski definition) is 1. The van der Waals surface area contributed by atoms with Crippen molar-refractivity contribution in [1.82, 2.24) is 0 Å². The van der Waals surface area contributed by atoms with Crippen LogP contribution in [0.4, 0.5) is 0 Å². The van der Waals surface area contributed by atoms with Crippen LogP contribution in [0.3, 0.4) is 0 Å². The summed E-state index contributed by atoms with van der Waals surface area (Å²) in [6.07, 6.45) is -0.423. The lowest BCUT2D eigenvalue weighted by atomic mass is 10.0. The fourth-order valence-electron chi connectivity index (χ4n) is 1.77. The van der Waals surface area contributed by atoms with Crippen LogP contribution < -0.4 is 0 Å². The van der Waals surface area contributed by atoms with E-state index in [4.69, 9.17) is 0 Å². The molecular formula is C16H17BrOS. The Morgan fingerprint density at radius 3 is 2.37 bits per heavy atom. The van der Waals surface area contributed by atoms with Gasteiger partial charge in [0.1, 0.15) is 0 Å². The molecule has 1 N–H and O–H groups in total. The molecule has 0 saturated carbocycles. The Bertz CT molecular complexity index is 551. The van der Waals surface area contributed by atoms with Gasteiger partial charge in [0.05, 0.1) is 6.10 Å². The van der Waals surface area contributed by atoms with Crippen molar-refractivity contribution in [2.24, 2.45) is 0 Å². The number of aryl methyl sites for hydroxylation is 2. The third kappa shape index (κ3) is 4.10. The summed E-state index contributed by atoms with van der Waals surface area (Å²) in [7, 11) is 0. The van der Waals surface area contributed by atoms with Gasteiger partial charge in [-0.25, -0.2) is 0 Å². The van der Waals surface area contributed by atoms with Crippen LogP contribution in [-0.2, 0) is 0 Å². The van der Waals surface area contributed by atoms with E-state index in [9.17, 15) is 5.11 Å². The number of halogens is 1. The zero-order valence-corrected chi connectivity index (χ0v) is 13.5. The molecule has 0 aliphatic rings. The highest BCUT2D eigenvalue weighted by Gasteiger charge is 2.09. The maximum atomic E-state index is 10.2. The fraction of sp³-hybridized carbons (Fsp3) is 0.250. The molecule has 1 atom stereocenters. The van der Waals surface area contributed by atoms with E-state index in [1.807, 2.05) is 18.2 Å². The van der Waals surface area contributed by atoms with Crippen LogP contribution in [0, 0.1) is 13.8 Å². The molecule has 2 aromatic carbocycles. The second-order valence-corrected chi connectivity index (χ2v) is 6.63. The average Bonchev–Trinajstić information content (AvgIpc) is 2.41. The summed E-state index contributed by atoms with van der Waals surface area (Å²) in [5, 5.41) is 10.2. The number of thioether (sulfide) groups is 1. The van der Waals surface area contributed by atoms with Gasteiger partial charge in [0.15, 0.2) is 0 Å². The number of benzene rings is 2. The van der Waals surface area contributed by atoms with Gasteiger partial charge in [0, 0.05) is 15.1 Å². The molecule has 0 bridgehead atoms. The summed E-state index contributed by atoms with van der Waals surface area (Å²) in [6, 6.07) is 14.3. The third-order valence-electron chi connectivity index (χ3n) is 3.14. The van der Waals surface area contributed by atoms with Gasteiger partial charge in [-0.05, 0) is 54.8 Å². The predicted molar refractivity (Wildman–Crippen MR) is 85.7 cm³/mol. The predicted octanol–water partition coefficient (Wildman–Crippen LogP) is 4.89. The zero-order chi connectivity index (χ0) is 13.8. The van der Waals surface area contributed by atoms with Gasteiger partial charge in [-0.15, -0.1) is 11.8 Å². The molecule has 0 heterocycles. The SMILES string of the molecule is Cc1ccc(C(O)CSc2ccc(Br)cc2)cc1C. The van der Waals surface area contributed by atoms with E-state index in [-0.39, 0.29) is 0 Å². The van der Waals surface area contributed by atoms with E-state index in [0.29, 0.717) is 5.75 Å². The summed E-state index contributed by atoms with van der Waals surface area (Å²) in [5.41, 5.74) is 3.48. The van der Waals surface area contributed by atoms with E-state index in [2.05, 4.69) is 54.0 Å². The Morgan fingerprint density at radius 1 is 1.05 bits per heavy atom. The first-order valence-electron chi connectivity index (χ1n) is 6.20. The molecule has 19 heavy (non-hydrogen) atoms. The molecule has 1 nitrogen and oxygen atoms in total. The van der Waals surface area contributed by atoms with Crippen LogP contribution in [0.15, 0.2) is 51.8 Å². The Hall–Kier alpha value is -0.770. The van der Waals surface area contributed by atoms with E-state index in [0.717, 1.165) is 10.0 Å². The van der Waals surface area contributed by atoms with Crippen molar-refractivity contribution in [3.63, 3.8) is 0 Å². The van der Waals surface area contributed by atoms with Crippen molar-refractivity contribution >= 4 is 27.7 Å². The van der Waals surface area contributed by atoms with E-state index < -0.39 is 6.10 Å². The second kappa shape index (κ2) is 6.60. The monoisotopic (exact) mass is 336 g/mol. The third-order valence-corrected chi connectivity index (χ3v) is 4.75. The van der Waals surface area contributed by atoms with Gasteiger partial charge in [0.2, 0.25) is 0 Å². The van der Waals surface area contributed by atoms with Crippen molar-refractivity contribution in [2.45, 2.75) is 24.8 Å². The minimum absolute atomic E-state index is 0.423. The maximum Gasteiger partial charge on any atom is 0.0884 e. The number of hydrogen-bond acceptors (Lipinski definition) is 2. The molecule has 0 fully saturated rings. The largest absolute Gasteiger partial charge is 0.388 e. The molecule has 0 radical (unpaired) electrons. The first-order chi connectivity index (χ1) is 9.06. The number of aliphatic hydroxyl groups is 1. The Morgan fingerprint density at radius 2 is 1.74 bits per heavy atom. The first-order valence-corrected chi connectivity index (χ1v) is 7.97. The van der Waals surface area contributed by atoms with E-state index in [1.54, 1.807) is 11.8 Å². The van der Waals surface area contributed by atoms with Crippen molar-refractivity contribution in [2.75, 3.05) is 5.75 Å². The second-order valence-electron chi connectivity index (χ2n) is 4.62. The van der Waals surface area contributed by atoms with Crippen LogP contribution in [0.1, 0.15) is 22.8 Å². The van der Waals surface area contributed by atoms with Crippen LogP contribution >= 0.6 is 27.7 Å². The topological polar surface area (TPSA) is 20.2 Å². The molecule has 100 valence electrons. The highest BCUT2D eigenvalue weighted by atomic mass is 79.9. The molecule has 0 spiro atoms. The minimum Gasteiger partial charge on any atom is -0.388 e. The Labute approximate surface area is 127 Å². The van der Waals surface area contributed by atoms with Gasteiger partial charge < -0.3 is 5.11 Å². The molecular weight excluding hydrogens is 320 g/mol. The molecule has 1 unspecified atom stereocenters. The lowest BCUT2D eigenvalue weighted by molar-refractivity contribution is 0.204. The molecule has 2 aromatic rings. The van der Waals surface area contributed by atoms with Crippen molar-refractivity contribution in [3.05, 3.63) is 63.6 Å². The van der Waals surface area contributed by atoms with Crippen LogP contribution in [0.5, 0.6) is 0 Å². The van der Waals surface area contributed by atoms with Gasteiger partial charge in [-0.1, -0.05) is 34.1 Å². The summed E-state index contributed by atoms with van der Waals surface area (Å²) < 4.78 is 1.08. The van der Waals surface area contributed by atoms with Gasteiger partial charge in [0.25, 0.3) is 0 Å². The van der Waals surface area contributed by atoms with Crippen LogP contribution in [0.25, 0.3) is 0 Å². The first kappa shape index (κ1) is 14.6. The number of aliphatic hydroxyl groups excluding tert-OH is 1. The summed E-state index contributed by atoms with van der Waals surface area (Å²) in [6.45, 7) is 4.16.